The average molecular weight is 267 g/mol. The lowest BCUT2D eigenvalue weighted by Gasteiger charge is -1.88. The van der Waals surface area contributed by atoms with Crippen molar-refractivity contribution in [2.45, 2.75) is 6.54 Å². The van der Waals surface area contributed by atoms with Crippen LogP contribution in [0.25, 0.3) is 0 Å². The first-order valence-electron chi connectivity index (χ1n) is 2.93. The Hall–Kier alpha value is 0.110. The van der Waals surface area contributed by atoms with Crippen LogP contribution in [0.5, 0.6) is 0 Å². The molecular formula is C7H9Br2N. The van der Waals surface area contributed by atoms with E-state index in [9.17, 15) is 0 Å². The van der Waals surface area contributed by atoms with Gasteiger partial charge in [0.15, 0.2) is 18.9 Å². The number of nitrogens with zero attached hydrogens (tertiary/aromatic N) is 1. The van der Waals surface area contributed by atoms with Crippen LogP contribution in [-0.2, 0) is 6.54 Å². The van der Waals surface area contributed by atoms with Crippen LogP contribution in [0.4, 0.5) is 0 Å². The fraction of sp³-hybridized carbons (Fsp3) is 0.286. The summed E-state index contributed by atoms with van der Waals surface area (Å²) in [5.41, 5.74) is 0. The molecule has 0 aromatic carbocycles. The third kappa shape index (κ3) is 3.32. The third-order valence-corrected chi connectivity index (χ3v) is 1.47. The van der Waals surface area contributed by atoms with Crippen LogP contribution >= 0.6 is 15.9 Å². The molecule has 1 rings (SSSR count). The van der Waals surface area contributed by atoms with Crippen molar-refractivity contribution in [1.29, 1.82) is 0 Å². The summed E-state index contributed by atoms with van der Waals surface area (Å²) in [6.45, 7) is 1.04. The Kier molecular flexibility index (Phi) is 5.93. The molecule has 0 aliphatic carbocycles. The summed E-state index contributed by atoms with van der Waals surface area (Å²) in [5.74, 6) is 0. The molecule has 0 aliphatic heterocycles. The Morgan fingerprint density at radius 2 is 1.70 bits per heavy atom. The zero-order valence-electron chi connectivity index (χ0n) is 5.50. The highest BCUT2D eigenvalue weighted by molar-refractivity contribution is 9.09. The Balaban J connectivity index is 0.000000810. The lowest BCUT2D eigenvalue weighted by atomic mass is 10.5. The predicted molar refractivity (Wildman–Crippen MR) is 40.4 cm³/mol. The zero-order valence-corrected chi connectivity index (χ0v) is 8.68. The first kappa shape index (κ1) is 10.1. The van der Waals surface area contributed by atoms with Gasteiger partial charge in [-0.1, -0.05) is 22.0 Å². The number of halogens is 2. The van der Waals surface area contributed by atoms with E-state index in [1.807, 2.05) is 18.2 Å². The van der Waals surface area contributed by atoms with Crippen molar-refractivity contribution < 1.29 is 21.5 Å². The van der Waals surface area contributed by atoms with Gasteiger partial charge in [-0.05, 0) is 0 Å². The van der Waals surface area contributed by atoms with E-state index in [1.165, 1.54) is 0 Å². The minimum atomic E-state index is 0. The van der Waals surface area contributed by atoms with E-state index < -0.39 is 0 Å². The third-order valence-electron chi connectivity index (χ3n) is 1.12. The maximum Gasteiger partial charge on any atom is 0.168 e. The fourth-order valence-electron chi connectivity index (χ4n) is 0.681. The molecule has 0 amide bonds. The number of hydrogen-bond acceptors (Lipinski definition) is 0. The molecule has 56 valence electrons. The van der Waals surface area contributed by atoms with Crippen molar-refractivity contribution in [3.63, 3.8) is 0 Å². The molecule has 0 saturated carbocycles. The quantitative estimate of drug-likeness (QED) is 0.447. The number of alkyl halides is 1. The van der Waals surface area contributed by atoms with Crippen LogP contribution in [0, 0.1) is 0 Å². The fourth-order valence-corrected chi connectivity index (χ4v) is 1.09. The van der Waals surface area contributed by atoms with Crippen LogP contribution in [0.1, 0.15) is 0 Å². The molecule has 0 bridgehead atoms. The van der Waals surface area contributed by atoms with Gasteiger partial charge < -0.3 is 17.0 Å². The van der Waals surface area contributed by atoms with Crippen molar-refractivity contribution in [2.75, 3.05) is 5.33 Å². The second-order valence-electron chi connectivity index (χ2n) is 1.80. The van der Waals surface area contributed by atoms with E-state index in [0.717, 1.165) is 11.9 Å². The SMILES string of the molecule is BrCC[n+]1ccccc1.[Br-]. The highest BCUT2D eigenvalue weighted by atomic mass is 79.9. The second-order valence-corrected chi connectivity index (χ2v) is 2.60. The molecule has 3 heteroatoms. The minimum Gasteiger partial charge on any atom is -1.00 e. The molecule has 1 heterocycles. The summed E-state index contributed by atoms with van der Waals surface area (Å²) >= 11 is 3.37. The van der Waals surface area contributed by atoms with Crippen molar-refractivity contribution in [3.05, 3.63) is 30.6 Å². The number of aromatic nitrogens is 1. The smallest absolute Gasteiger partial charge is 0.168 e. The molecule has 0 radical (unpaired) electrons. The topological polar surface area (TPSA) is 3.88 Å². The number of rotatable bonds is 2. The summed E-state index contributed by atoms with van der Waals surface area (Å²) in [6.07, 6.45) is 4.11. The molecule has 0 N–H and O–H groups in total. The molecule has 0 fully saturated rings. The van der Waals surface area contributed by atoms with E-state index in [0.29, 0.717) is 0 Å². The van der Waals surface area contributed by atoms with Gasteiger partial charge in [-0.15, -0.1) is 0 Å². The van der Waals surface area contributed by atoms with E-state index in [2.05, 4.69) is 32.9 Å². The molecule has 1 nitrogen and oxygen atoms in total. The Morgan fingerprint density at radius 1 is 1.10 bits per heavy atom. The monoisotopic (exact) mass is 265 g/mol. The van der Waals surface area contributed by atoms with Crippen molar-refractivity contribution in [3.8, 4) is 0 Å². The van der Waals surface area contributed by atoms with Crippen LogP contribution < -0.4 is 21.5 Å². The van der Waals surface area contributed by atoms with Gasteiger partial charge in [-0.2, -0.15) is 0 Å². The highest BCUT2D eigenvalue weighted by Crippen LogP contribution is 1.80. The molecule has 1 aromatic rings. The standard InChI is InChI=1S/C7H9BrN.BrH/c8-4-7-9-5-2-1-3-6-9;/h1-3,5-6H,4,7H2;1H/q+1;/p-1. The van der Waals surface area contributed by atoms with Crippen LogP contribution in [0.15, 0.2) is 30.6 Å². The zero-order chi connectivity index (χ0) is 6.53. The molecule has 0 unspecified atom stereocenters. The van der Waals surface area contributed by atoms with Gasteiger partial charge in [0, 0.05) is 12.1 Å². The van der Waals surface area contributed by atoms with Crippen LogP contribution in [0.3, 0.4) is 0 Å². The van der Waals surface area contributed by atoms with Crippen LogP contribution in [-0.4, -0.2) is 5.33 Å². The van der Waals surface area contributed by atoms with Crippen molar-refractivity contribution in [1.82, 2.24) is 0 Å². The summed E-state index contributed by atoms with van der Waals surface area (Å²) in [7, 11) is 0. The molecular weight excluding hydrogens is 258 g/mol. The minimum absolute atomic E-state index is 0. The lowest BCUT2D eigenvalue weighted by molar-refractivity contribution is -0.692. The maximum atomic E-state index is 3.37. The molecule has 1 aromatic heterocycles. The number of hydrogen-bond donors (Lipinski definition) is 0. The van der Waals surface area contributed by atoms with Crippen molar-refractivity contribution >= 4 is 15.9 Å². The number of aryl methyl sites for hydroxylation is 1. The van der Waals surface area contributed by atoms with E-state index >= 15 is 0 Å². The van der Waals surface area contributed by atoms with Gasteiger partial charge in [-0.3, -0.25) is 0 Å². The summed E-state index contributed by atoms with van der Waals surface area (Å²) in [5, 5.41) is 1.02. The van der Waals surface area contributed by atoms with Gasteiger partial charge in [0.05, 0.1) is 5.33 Å². The summed E-state index contributed by atoms with van der Waals surface area (Å²) in [4.78, 5) is 0. The van der Waals surface area contributed by atoms with Gasteiger partial charge in [0.1, 0.15) is 0 Å². The normalized spacial score (nSPS) is 8.50. The average Bonchev–Trinajstić information content (AvgIpc) is 1.91. The highest BCUT2D eigenvalue weighted by Gasteiger charge is 1.91. The van der Waals surface area contributed by atoms with Gasteiger partial charge >= 0.3 is 0 Å². The molecule has 10 heavy (non-hydrogen) atoms. The summed E-state index contributed by atoms with van der Waals surface area (Å²) < 4.78 is 2.13. The second kappa shape index (κ2) is 5.86. The largest absolute Gasteiger partial charge is 1.00 e. The Morgan fingerprint density at radius 3 is 2.20 bits per heavy atom. The molecule has 0 saturated heterocycles. The van der Waals surface area contributed by atoms with Gasteiger partial charge in [0.25, 0.3) is 0 Å². The molecule has 0 spiro atoms. The van der Waals surface area contributed by atoms with E-state index in [4.69, 9.17) is 0 Å². The first-order valence-corrected chi connectivity index (χ1v) is 4.05. The van der Waals surface area contributed by atoms with Crippen molar-refractivity contribution in [2.24, 2.45) is 0 Å². The maximum absolute atomic E-state index is 3.37. The molecule has 0 atom stereocenters. The lowest BCUT2D eigenvalue weighted by Crippen LogP contribution is -3.00. The number of pyridine rings is 1. The van der Waals surface area contributed by atoms with E-state index in [-0.39, 0.29) is 17.0 Å². The molecule has 0 aliphatic rings. The predicted octanol–water partition coefficient (Wildman–Crippen LogP) is -1.63. The Bertz CT molecular complexity index is 165. The first-order chi connectivity index (χ1) is 4.43. The summed E-state index contributed by atoms with van der Waals surface area (Å²) in [6, 6.07) is 6.08. The van der Waals surface area contributed by atoms with Crippen LogP contribution in [0.2, 0.25) is 0 Å². The van der Waals surface area contributed by atoms with Gasteiger partial charge in [0.2, 0.25) is 0 Å². The Labute approximate surface area is 80.0 Å². The van der Waals surface area contributed by atoms with Gasteiger partial charge in [-0.25, -0.2) is 4.57 Å². The van der Waals surface area contributed by atoms with E-state index in [1.54, 1.807) is 0 Å².